The maximum absolute atomic E-state index is 13.7. The first-order valence-corrected chi connectivity index (χ1v) is 4.99. The standard InChI is InChI=1S/C12H10F2N2/c1-7-9-3-8(13)4-10(14)12(9)11-5-15(2)6-16(7)11/h3-6H,1-2H3. The van der Waals surface area contributed by atoms with Gasteiger partial charge in [-0.1, -0.05) is 11.5 Å². The van der Waals surface area contributed by atoms with Gasteiger partial charge in [-0.3, -0.25) is 4.57 Å². The van der Waals surface area contributed by atoms with Crippen LogP contribution < -0.4 is 8.97 Å². The summed E-state index contributed by atoms with van der Waals surface area (Å²) in [5, 5.41) is 1.12. The van der Waals surface area contributed by atoms with E-state index >= 15 is 0 Å². The van der Waals surface area contributed by atoms with E-state index < -0.39 is 11.6 Å². The van der Waals surface area contributed by atoms with Gasteiger partial charge < -0.3 is 0 Å². The van der Waals surface area contributed by atoms with E-state index in [2.05, 4.69) is 0 Å². The molecule has 0 aliphatic rings. The molecule has 0 bridgehead atoms. The van der Waals surface area contributed by atoms with Gasteiger partial charge >= 0.3 is 6.33 Å². The molecule has 0 aliphatic heterocycles. The van der Waals surface area contributed by atoms with E-state index in [0.29, 0.717) is 10.8 Å². The average molecular weight is 220 g/mol. The van der Waals surface area contributed by atoms with Crippen LogP contribution in [0.1, 0.15) is 5.69 Å². The van der Waals surface area contributed by atoms with Crippen molar-refractivity contribution in [2.75, 3.05) is 0 Å². The van der Waals surface area contributed by atoms with Gasteiger partial charge in [-0.2, -0.15) is 0 Å². The number of hydrogen-bond acceptors (Lipinski definition) is 0. The largest absolute Gasteiger partial charge is 0.305 e. The lowest BCUT2D eigenvalue weighted by Gasteiger charge is -1.99. The minimum absolute atomic E-state index is 0.486. The van der Waals surface area contributed by atoms with Crippen LogP contribution >= 0.6 is 0 Å². The zero-order chi connectivity index (χ0) is 11.4. The summed E-state index contributed by atoms with van der Waals surface area (Å²) in [5.74, 6) is -1.04. The normalized spacial score (nSPS) is 11.8. The second-order valence-corrected chi connectivity index (χ2v) is 4.06. The van der Waals surface area contributed by atoms with Gasteiger partial charge in [0.25, 0.3) is 0 Å². The fraction of sp³-hybridized carbons (Fsp3) is 0.167. The quantitative estimate of drug-likeness (QED) is 0.400. The van der Waals surface area contributed by atoms with Crippen molar-refractivity contribution in [3.05, 3.63) is 42.0 Å². The Hall–Kier alpha value is -1.84. The number of benzene rings is 1. The lowest BCUT2D eigenvalue weighted by molar-refractivity contribution is -0.725. The van der Waals surface area contributed by atoms with E-state index in [9.17, 15) is 8.78 Å². The fourth-order valence-corrected chi connectivity index (χ4v) is 2.23. The molecule has 3 aromatic rings. The summed E-state index contributed by atoms with van der Waals surface area (Å²) in [5.41, 5.74) is 1.62. The van der Waals surface area contributed by atoms with Gasteiger partial charge in [0.15, 0.2) is 0 Å². The first-order chi connectivity index (χ1) is 7.58. The molecule has 3 rings (SSSR count). The van der Waals surface area contributed by atoms with E-state index in [1.807, 2.05) is 35.5 Å². The number of rotatable bonds is 0. The lowest BCUT2D eigenvalue weighted by atomic mass is 10.1. The van der Waals surface area contributed by atoms with Gasteiger partial charge in [-0.25, -0.2) is 13.2 Å². The van der Waals surface area contributed by atoms with Crippen molar-refractivity contribution in [1.82, 2.24) is 0 Å². The van der Waals surface area contributed by atoms with Crippen LogP contribution in [0.15, 0.2) is 24.7 Å². The Morgan fingerprint density at radius 2 is 2.06 bits per heavy atom. The molecule has 0 atom stereocenters. The monoisotopic (exact) mass is 220 g/mol. The van der Waals surface area contributed by atoms with Crippen molar-refractivity contribution in [2.24, 2.45) is 7.05 Å². The number of fused-ring (bicyclic) bond motifs is 3. The Labute approximate surface area is 90.7 Å². The summed E-state index contributed by atoms with van der Waals surface area (Å²) in [6.07, 6.45) is 3.68. The Kier molecular flexibility index (Phi) is 1.67. The molecule has 0 saturated carbocycles. The molecule has 16 heavy (non-hydrogen) atoms. The molecule has 0 aliphatic carbocycles. The summed E-state index contributed by atoms with van der Waals surface area (Å²) in [6.45, 7) is 1.86. The van der Waals surface area contributed by atoms with Crippen LogP contribution in [0.3, 0.4) is 0 Å². The van der Waals surface area contributed by atoms with Crippen LogP contribution in [0.4, 0.5) is 8.78 Å². The van der Waals surface area contributed by atoms with Crippen molar-refractivity contribution in [2.45, 2.75) is 6.92 Å². The molecule has 2 heterocycles. The predicted octanol–water partition coefficient (Wildman–Crippen LogP) is 1.43. The molecule has 0 amide bonds. The average Bonchev–Trinajstić information content (AvgIpc) is 2.66. The Bertz CT molecular complexity index is 707. The highest BCUT2D eigenvalue weighted by molar-refractivity contribution is 5.96. The summed E-state index contributed by atoms with van der Waals surface area (Å²) >= 11 is 0. The molecule has 1 aromatic carbocycles. The Balaban J connectivity index is 2.63. The first-order valence-electron chi connectivity index (χ1n) is 4.99. The van der Waals surface area contributed by atoms with Crippen LogP contribution in [0.5, 0.6) is 0 Å². The Morgan fingerprint density at radius 3 is 2.81 bits per heavy atom. The van der Waals surface area contributed by atoms with Gasteiger partial charge in [0, 0.05) is 0 Å². The third kappa shape index (κ3) is 1.04. The van der Waals surface area contributed by atoms with Gasteiger partial charge in [0.05, 0.1) is 11.6 Å². The number of halogens is 2. The zero-order valence-corrected chi connectivity index (χ0v) is 8.96. The minimum Gasteiger partial charge on any atom is -0.260 e. The number of aromatic nitrogens is 2. The van der Waals surface area contributed by atoms with E-state index in [1.165, 1.54) is 6.07 Å². The molecule has 2 nitrogen and oxygen atoms in total. The van der Waals surface area contributed by atoms with Crippen molar-refractivity contribution in [1.29, 1.82) is 0 Å². The highest BCUT2D eigenvalue weighted by atomic mass is 19.1. The number of hydrogen-bond donors (Lipinski definition) is 0. The lowest BCUT2D eigenvalue weighted by Crippen LogP contribution is -2.29. The summed E-state index contributed by atoms with van der Waals surface area (Å²) in [6, 6.07) is 2.30. The number of aryl methyl sites for hydroxylation is 2. The fourth-order valence-electron chi connectivity index (χ4n) is 2.23. The van der Waals surface area contributed by atoms with Gasteiger partial charge in [-0.05, 0) is 18.4 Å². The molecule has 4 heteroatoms. The zero-order valence-electron chi connectivity index (χ0n) is 8.96. The Morgan fingerprint density at radius 1 is 1.31 bits per heavy atom. The van der Waals surface area contributed by atoms with Crippen molar-refractivity contribution >= 4 is 16.3 Å². The predicted molar refractivity (Wildman–Crippen MR) is 54.1 cm³/mol. The molecule has 0 fully saturated rings. The first kappa shape index (κ1) is 9.39. The van der Waals surface area contributed by atoms with E-state index in [4.69, 9.17) is 0 Å². The van der Waals surface area contributed by atoms with Gasteiger partial charge in [-0.15, -0.1) is 0 Å². The molecular formula is C12H10F2N2. The molecule has 0 saturated heterocycles. The van der Waals surface area contributed by atoms with Crippen LogP contribution in [-0.2, 0) is 7.05 Å². The summed E-state index contributed by atoms with van der Waals surface area (Å²) in [4.78, 5) is 0. The molecular weight excluding hydrogens is 210 g/mol. The van der Waals surface area contributed by atoms with Gasteiger partial charge in [0.2, 0.25) is 0 Å². The van der Waals surface area contributed by atoms with E-state index in [-0.39, 0.29) is 0 Å². The smallest absolute Gasteiger partial charge is 0.260 e. The number of nitrogens with zero attached hydrogens (tertiary/aromatic N) is 2. The third-order valence-corrected chi connectivity index (χ3v) is 2.95. The maximum atomic E-state index is 13.7. The van der Waals surface area contributed by atoms with Crippen LogP contribution in [-0.4, -0.2) is 0 Å². The highest BCUT2D eigenvalue weighted by Crippen LogP contribution is 2.25. The second kappa shape index (κ2) is 2.84. The highest BCUT2D eigenvalue weighted by Gasteiger charge is 2.15. The molecule has 0 N–H and O–H groups in total. The summed E-state index contributed by atoms with van der Waals surface area (Å²) < 4.78 is 30.6. The van der Waals surface area contributed by atoms with E-state index in [1.54, 1.807) is 0 Å². The summed E-state index contributed by atoms with van der Waals surface area (Å²) in [7, 11) is 1.87. The van der Waals surface area contributed by atoms with Gasteiger partial charge in [0.1, 0.15) is 24.5 Å². The van der Waals surface area contributed by atoms with Crippen molar-refractivity contribution in [3.63, 3.8) is 0 Å². The van der Waals surface area contributed by atoms with Crippen molar-refractivity contribution in [3.8, 4) is 0 Å². The molecule has 2 aromatic heterocycles. The van der Waals surface area contributed by atoms with E-state index in [0.717, 1.165) is 17.3 Å². The number of imidazole rings is 1. The SMILES string of the molecule is C[c-]1c2cc(F)cc(F)c2c2[cH-][n+](C)c[n+]21. The second-order valence-electron chi connectivity index (χ2n) is 4.06. The molecule has 0 unspecified atom stereocenters. The molecule has 0 spiro atoms. The minimum atomic E-state index is -0.536. The topological polar surface area (TPSA) is 7.98 Å². The maximum Gasteiger partial charge on any atom is 0.305 e. The van der Waals surface area contributed by atoms with Crippen LogP contribution in [0.25, 0.3) is 16.3 Å². The molecule has 82 valence electrons. The van der Waals surface area contributed by atoms with Crippen LogP contribution in [0.2, 0.25) is 0 Å². The third-order valence-electron chi connectivity index (χ3n) is 2.95. The van der Waals surface area contributed by atoms with Crippen molar-refractivity contribution < 1.29 is 17.7 Å². The molecule has 0 radical (unpaired) electrons. The van der Waals surface area contributed by atoms with Crippen LogP contribution in [0, 0.1) is 18.6 Å².